The maximum atomic E-state index is 11.9. The summed E-state index contributed by atoms with van der Waals surface area (Å²) in [7, 11) is 0. The normalized spacial score (nSPS) is 15.7. The smallest absolute Gasteiger partial charge is 0.231 e. The predicted octanol–water partition coefficient (Wildman–Crippen LogP) is 1.70. The number of carbonyl (C=O) groups is 1. The standard InChI is InChI=1S/C12H25N3O2/c1-5-9(6-2)8(4)14-12(16)10(7-3)11(13)15-17/h8-10,17H,5-7H2,1-4H3,(H2,13,15)(H,14,16). The maximum Gasteiger partial charge on any atom is 0.231 e. The Balaban J connectivity index is 4.51. The molecule has 2 atom stereocenters. The van der Waals surface area contributed by atoms with E-state index in [1.54, 1.807) is 0 Å². The zero-order valence-corrected chi connectivity index (χ0v) is 11.2. The van der Waals surface area contributed by atoms with Crippen LogP contribution in [0, 0.1) is 11.8 Å². The Morgan fingerprint density at radius 1 is 1.29 bits per heavy atom. The van der Waals surface area contributed by atoms with Gasteiger partial charge in [-0.15, -0.1) is 0 Å². The summed E-state index contributed by atoms with van der Waals surface area (Å²) in [6.45, 7) is 8.05. The molecule has 0 fully saturated rings. The molecule has 0 spiro atoms. The monoisotopic (exact) mass is 243 g/mol. The van der Waals surface area contributed by atoms with Crippen LogP contribution >= 0.6 is 0 Å². The Bertz CT molecular complexity index is 262. The molecule has 0 saturated heterocycles. The van der Waals surface area contributed by atoms with Crippen LogP contribution in [0.5, 0.6) is 0 Å². The summed E-state index contributed by atoms with van der Waals surface area (Å²) in [6.07, 6.45) is 2.58. The highest BCUT2D eigenvalue weighted by Crippen LogP contribution is 2.13. The van der Waals surface area contributed by atoms with Crippen molar-refractivity contribution in [1.29, 1.82) is 0 Å². The van der Waals surface area contributed by atoms with Crippen LogP contribution in [0.1, 0.15) is 47.0 Å². The molecule has 0 aliphatic carbocycles. The molecule has 0 bridgehead atoms. The second kappa shape index (κ2) is 7.92. The SMILES string of the molecule is CCC(C(=O)NC(C)C(CC)CC)/C(N)=N/O. The summed E-state index contributed by atoms with van der Waals surface area (Å²) in [6, 6.07) is 0.109. The van der Waals surface area contributed by atoms with Crippen molar-refractivity contribution >= 4 is 11.7 Å². The number of oxime groups is 1. The number of rotatable bonds is 7. The second-order valence-corrected chi connectivity index (χ2v) is 4.36. The first kappa shape index (κ1) is 15.7. The van der Waals surface area contributed by atoms with Crippen LogP contribution in [0.15, 0.2) is 5.16 Å². The topological polar surface area (TPSA) is 87.7 Å². The lowest BCUT2D eigenvalue weighted by Gasteiger charge is -2.24. The van der Waals surface area contributed by atoms with Crippen molar-refractivity contribution in [2.45, 2.75) is 53.0 Å². The second-order valence-electron chi connectivity index (χ2n) is 4.36. The molecule has 0 radical (unpaired) electrons. The molecule has 0 aliphatic heterocycles. The van der Waals surface area contributed by atoms with Gasteiger partial charge in [0.1, 0.15) is 0 Å². The van der Waals surface area contributed by atoms with Gasteiger partial charge in [-0.05, 0) is 19.3 Å². The molecule has 0 heterocycles. The van der Waals surface area contributed by atoms with E-state index < -0.39 is 5.92 Å². The Morgan fingerprint density at radius 3 is 2.18 bits per heavy atom. The van der Waals surface area contributed by atoms with E-state index in [4.69, 9.17) is 10.9 Å². The molecule has 0 rings (SSSR count). The Kier molecular flexibility index (Phi) is 7.34. The first-order valence-electron chi connectivity index (χ1n) is 6.29. The maximum absolute atomic E-state index is 11.9. The highest BCUT2D eigenvalue weighted by atomic mass is 16.4. The summed E-state index contributed by atoms with van der Waals surface area (Å²) in [4.78, 5) is 11.9. The predicted molar refractivity (Wildman–Crippen MR) is 68.9 cm³/mol. The van der Waals surface area contributed by atoms with E-state index in [0.717, 1.165) is 12.8 Å². The molecule has 5 heteroatoms. The first-order chi connectivity index (χ1) is 8.01. The number of nitrogens with zero attached hydrogens (tertiary/aromatic N) is 1. The molecule has 1 amide bonds. The van der Waals surface area contributed by atoms with Crippen LogP contribution < -0.4 is 11.1 Å². The summed E-state index contributed by atoms with van der Waals surface area (Å²) >= 11 is 0. The lowest BCUT2D eigenvalue weighted by atomic mass is 9.94. The lowest BCUT2D eigenvalue weighted by Crippen LogP contribution is -2.44. The first-order valence-corrected chi connectivity index (χ1v) is 6.29. The Hall–Kier alpha value is -1.26. The third-order valence-electron chi connectivity index (χ3n) is 3.32. The van der Waals surface area contributed by atoms with Crippen LogP contribution in [0.3, 0.4) is 0 Å². The molecule has 4 N–H and O–H groups in total. The van der Waals surface area contributed by atoms with Crippen molar-refractivity contribution in [2.75, 3.05) is 0 Å². The number of nitrogens with one attached hydrogen (secondary N) is 1. The van der Waals surface area contributed by atoms with E-state index >= 15 is 0 Å². The van der Waals surface area contributed by atoms with Crippen molar-refractivity contribution in [2.24, 2.45) is 22.7 Å². The van der Waals surface area contributed by atoms with Crippen molar-refractivity contribution in [1.82, 2.24) is 5.32 Å². The summed E-state index contributed by atoms with van der Waals surface area (Å²) in [5.41, 5.74) is 5.48. The van der Waals surface area contributed by atoms with Crippen LogP contribution in [0.2, 0.25) is 0 Å². The molecule has 0 aliphatic rings. The fraction of sp³-hybridized carbons (Fsp3) is 0.833. The summed E-state index contributed by atoms with van der Waals surface area (Å²) in [5.74, 6) is -0.274. The molecule has 0 saturated carbocycles. The zero-order valence-electron chi connectivity index (χ0n) is 11.2. The average Bonchev–Trinajstić information content (AvgIpc) is 2.31. The molecule has 0 aromatic carbocycles. The molecule has 100 valence electrons. The van der Waals surface area contributed by atoms with Gasteiger partial charge in [-0.25, -0.2) is 0 Å². The Labute approximate surface area is 103 Å². The van der Waals surface area contributed by atoms with E-state index in [0.29, 0.717) is 12.3 Å². The number of hydrogen-bond donors (Lipinski definition) is 3. The van der Waals surface area contributed by atoms with Crippen molar-refractivity contribution < 1.29 is 10.0 Å². The minimum atomic E-state index is -0.545. The third kappa shape index (κ3) is 4.63. The van der Waals surface area contributed by atoms with E-state index in [1.807, 2.05) is 13.8 Å². The quantitative estimate of drug-likeness (QED) is 0.275. The number of amides is 1. The van der Waals surface area contributed by atoms with Gasteiger partial charge in [0, 0.05) is 6.04 Å². The van der Waals surface area contributed by atoms with Crippen LogP contribution in [0.4, 0.5) is 0 Å². The summed E-state index contributed by atoms with van der Waals surface area (Å²) in [5, 5.41) is 14.4. The van der Waals surface area contributed by atoms with Gasteiger partial charge in [0.15, 0.2) is 5.84 Å². The van der Waals surface area contributed by atoms with Gasteiger partial charge in [-0.1, -0.05) is 38.8 Å². The van der Waals surface area contributed by atoms with E-state index in [1.165, 1.54) is 0 Å². The molecule has 0 aromatic rings. The molecule has 0 aromatic heterocycles. The van der Waals surface area contributed by atoms with Gasteiger partial charge in [0.2, 0.25) is 5.91 Å². The van der Waals surface area contributed by atoms with Crippen molar-refractivity contribution in [3.05, 3.63) is 0 Å². The summed E-state index contributed by atoms with van der Waals surface area (Å²) < 4.78 is 0. The molecule has 17 heavy (non-hydrogen) atoms. The minimum absolute atomic E-state index is 0.0262. The van der Waals surface area contributed by atoms with Gasteiger partial charge in [0.25, 0.3) is 0 Å². The largest absolute Gasteiger partial charge is 0.409 e. The molecule has 5 nitrogen and oxygen atoms in total. The fourth-order valence-corrected chi connectivity index (χ4v) is 2.04. The van der Waals surface area contributed by atoms with Gasteiger partial charge in [-0.3, -0.25) is 4.79 Å². The number of nitrogens with two attached hydrogens (primary N) is 1. The molecule has 2 unspecified atom stereocenters. The van der Waals surface area contributed by atoms with Gasteiger partial charge in [0.05, 0.1) is 5.92 Å². The van der Waals surface area contributed by atoms with E-state index in [-0.39, 0.29) is 17.8 Å². The highest BCUT2D eigenvalue weighted by Gasteiger charge is 2.24. The average molecular weight is 243 g/mol. The number of hydrogen-bond acceptors (Lipinski definition) is 3. The van der Waals surface area contributed by atoms with Crippen molar-refractivity contribution in [3.63, 3.8) is 0 Å². The van der Waals surface area contributed by atoms with E-state index in [9.17, 15) is 4.79 Å². The van der Waals surface area contributed by atoms with Gasteiger partial charge in [-0.2, -0.15) is 0 Å². The number of amidine groups is 1. The fourth-order valence-electron chi connectivity index (χ4n) is 2.04. The zero-order chi connectivity index (χ0) is 13.4. The minimum Gasteiger partial charge on any atom is -0.409 e. The van der Waals surface area contributed by atoms with Gasteiger partial charge >= 0.3 is 0 Å². The number of carbonyl (C=O) groups excluding carboxylic acids is 1. The van der Waals surface area contributed by atoms with Gasteiger partial charge < -0.3 is 16.3 Å². The van der Waals surface area contributed by atoms with Crippen LogP contribution in [-0.4, -0.2) is 23.0 Å². The van der Waals surface area contributed by atoms with Crippen molar-refractivity contribution in [3.8, 4) is 0 Å². The van der Waals surface area contributed by atoms with Crippen LogP contribution in [-0.2, 0) is 4.79 Å². The highest BCUT2D eigenvalue weighted by molar-refractivity contribution is 6.02. The Morgan fingerprint density at radius 2 is 1.82 bits per heavy atom. The molecular formula is C12H25N3O2. The van der Waals surface area contributed by atoms with Crippen LogP contribution in [0.25, 0.3) is 0 Å². The lowest BCUT2D eigenvalue weighted by molar-refractivity contribution is -0.124. The molecular weight excluding hydrogens is 218 g/mol. The van der Waals surface area contributed by atoms with E-state index in [2.05, 4.69) is 24.3 Å². The third-order valence-corrected chi connectivity index (χ3v) is 3.32.